The number of nitrogens with zero attached hydrogens (tertiary/aromatic N) is 2. The Morgan fingerprint density at radius 1 is 1.16 bits per heavy atom. The Kier molecular flexibility index (Phi) is 3.64. The zero-order chi connectivity index (χ0) is 13.4. The lowest BCUT2D eigenvalue weighted by Crippen LogP contribution is -2.55. The molecule has 0 aromatic heterocycles. The monoisotopic (exact) mass is 258 g/mol. The second-order valence-electron chi connectivity index (χ2n) is 6.42. The van der Waals surface area contributed by atoms with E-state index < -0.39 is 0 Å². The van der Waals surface area contributed by atoms with E-state index in [1.165, 1.54) is 43.6 Å². The molecule has 1 aromatic rings. The Morgan fingerprint density at radius 2 is 1.89 bits per heavy atom. The standard InChI is InChI=1S/C17H26N2/c1-13-6-8-16(9-7-13)15(3)19-12-17-5-4-10-18(17)11-14(19)2/h6-9,14-15,17H,4-5,10-12H2,1-3H3. The fourth-order valence-electron chi connectivity index (χ4n) is 3.79. The number of rotatable bonds is 2. The van der Waals surface area contributed by atoms with Gasteiger partial charge in [0.2, 0.25) is 0 Å². The minimum absolute atomic E-state index is 0.540. The van der Waals surface area contributed by atoms with Gasteiger partial charge in [-0.2, -0.15) is 0 Å². The molecular formula is C17H26N2. The lowest BCUT2D eigenvalue weighted by Gasteiger charge is -2.45. The topological polar surface area (TPSA) is 6.48 Å². The summed E-state index contributed by atoms with van der Waals surface area (Å²) >= 11 is 0. The number of hydrogen-bond acceptors (Lipinski definition) is 2. The first-order valence-electron chi connectivity index (χ1n) is 7.71. The summed E-state index contributed by atoms with van der Waals surface area (Å²) in [7, 11) is 0. The Hall–Kier alpha value is -0.860. The predicted octanol–water partition coefficient (Wildman–Crippen LogP) is 3.22. The van der Waals surface area contributed by atoms with Crippen molar-refractivity contribution in [2.45, 2.75) is 51.7 Å². The second kappa shape index (κ2) is 5.26. The smallest absolute Gasteiger partial charge is 0.0323 e. The number of hydrogen-bond donors (Lipinski definition) is 0. The van der Waals surface area contributed by atoms with E-state index in [0.29, 0.717) is 12.1 Å². The molecule has 2 fully saturated rings. The van der Waals surface area contributed by atoms with Crippen LogP contribution in [0.25, 0.3) is 0 Å². The summed E-state index contributed by atoms with van der Waals surface area (Å²) in [6, 6.07) is 11.1. The van der Waals surface area contributed by atoms with Crippen LogP contribution in [-0.4, -0.2) is 41.5 Å². The van der Waals surface area contributed by atoms with E-state index in [0.717, 1.165) is 6.04 Å². The van der Waals surface area contributed by atoms with Crippen molar-refractivity contribution >= 4 is 0 Å². The summed E-state index contributed by atoms with van der Waals surface area (Å²) in [5.41, 5.74) is 2.81. The molecule has 2 heterocycles. The van der Waals surface area contributed by atoms with E-state index >= 15 is 0 Å². The average Bonchev–Trinajstić information content (AvgIpc) is 2.85. The molecule has 1 aromatic carbocycles. The zero-order valence-corrected chi connectivity index (χ0v) is 12.5. The van der Waals surface area contributed by atoms with Crippen LogP contribution < -0.4 is 0 Å². The van der Waals surface area contributed by atoms with E-state index in [4.69, 9.17) is 0 Å². The second-order valence-corrected chi connectivity index (χ2v) is 6.42. The lowest BCUT2D eigenvalue weighted by atomic mass is 10.00. The molecule has 3 unspecified atom stereocenters. The third-order valence-corrected chi connectivity index (χ3v) is 5.04. The molecular weight excluding hydrogens is 232 g/mol. The summed E-state index contributed by atoms with van der Waals surface area (Å²) in [6.45, 7) is 10.7. The number of benzene rings is 1. The third-order valence-electron chi connectivity index (χ3n) is 5.04. The maximum Gasteiger partial charge on any atom is 0.0323 e. The van der Waals surface area contributed by atoms with Gasteiger partial charge in [0.1, 0.15) is 0 Å². The molecule has 0 saturated carbocycles. The van der Waals surface area contributed by atoms with Crippen molar-refractivity contribution in [1.82, 2.24) is 9.80 Å². The summed E-state index contributed by atoms with van der Waals surface area (Å²) < 4.78 is 0. The van der Waals surface area contributed by atoms with Crippen molar-refractivity contribution in [3.05, 3.63) is 35.4 Å². The molecule has 0 spiro atoms. The molecule has 2 aliphatic rings. The Morgan fingerprint density at radius 3 is 2.63 bits per heavy atom. The first-order valence-corrected chi connectivity index (χ1v) is 7.71. The summed E-state index contributed by atoms with van der Waals surface area (Å²) in [4.78, 5) is 5.40. The fourth-order valence-corrected chi connectivity index (χ4v) is 3.79. The molecule has 19 heavy (non-hydrogen) atoms. The zero-order valence-electron chi connectivity index (χ0n) is 12.5. The van der Waals surface area contributed by atoms with Crippen molar-refractivity contribution < 1.29 is 0 Å². The largest absolute Gasteiger partial charge is 0.298 e. The maximum atomic E-state index is 2.71. The van der Waals surface area contributed by atoms with Crippen LogP contribution in [0.1, 0.15) is 43.9 Å². The van der Waals surface area contributed by atoms with E-state index in [2.05, 4.69) is 54.8 Å². The molecule has 0 radical (unpaired) electrons. The summed E-state index contributed by atoms with van der Waals surface area (Å²) in [5.74, 6) is 0. The van der Waals surface area contributed by atoms with E-state index in [1.807, 2.05) is 0 Å². The van der Waals surface area contributed by atoms with E-state index in [9.17, 15) is 0 Å². The Bertz CT molecular complexity index is 425. The lowest BCUT2D eigenvalue weighted by molar-refractivity contribution is 0.0325. The fraction of sp³-hybridized carbons (Fsp3) is 0.647. The molecule has 3 atom stereocenters. The molecule has 0 aliphatic carbocycles. The van der Waals surface area contributed by atoms with Gasteiger partial charge in [-0.25, -0.2) is 0 Å². The number of piperazine rings is 1. The maximum absolute atomic E-state index is 2.71. The number of fused-ring (bicyclic) bond motifs is 1. The molecule has 2 heteroatoms. The molecule has 0 bridgehead atoms. The average molecular weight is 258 g/mol. The van der Waals surface area contributed by atoms with Crippen LogP contribution in [0.2, 0.25) is 0 Å². The minimum atomic E-state index is 0.540. The van der Waals surface area contributed by atoms with Crippen molar-refractivity contribution in [2.24, 2.45) is 0 Å². The minimum Gasteiger partial charge on any atom is -0.298 e. The molecule has 104 valence electrons. The van der Waals surface area contributed by atoms with Gasteiger partial charge in [0.25, 0.3) is 0 Å². The van der Waals surface area contributed by atoms with Crippen LogP contribution in [-0.2, 0) is 0 Å². The first kappa shape index (κ1) is 13.1. The highest BCUT2D eigenvalue weighted by molar-refractivity contribution is 5.24. The van der Waals surface area contributed by atoms with Gasteiger partial charge in [0.05, 0.1) is 0 Å². The SMILES string of the molecule is Cc1ccc(C(C)N2CC3CCCN3CC2C)cc1. The van der Waals surface area contributed by atoms with E-state index in [-0.39, 0.29) is 0 Å². The van der Waals surface area contributed by atoms with Crippen molar-refractivity contribution in [3.63, 3.8) is 0 Å². The van der Waals surface area contributed by atoms with Crippen LogP contribution in [0.3, 0.4) is 0 Å². The predicted molar refractivity (Wildman–Crippen MR) is 80.4 cm³/mol. The highest BCUT2D eigenvalue weighted by atomic mass is 15.3. The summed E-state index contributed by atoms with van der Waals surface area (Å²) in [5, 5.41) is 0. The van der Waals surface area contributed by atoms with Crippen LogP contribution in [0.4, 0.5) is 0 Å². The van der Waals surface area contributed by atoms with Gasteiger partial charge in [-0.3, -0.25) is 9.80 Å². The van der Waals surface area contributed by atoms with Crippen LogP contribution in [0.15, 0.2) is 24.3 Å². The van der Waals surface area contributed by atoms with Gasteiger partial charge in [-0.05, 0) is 45.7 Å². The van der Waals surface area contributed by atoms with Gasteiger partial charge < -0.3 is 0 Å². The highest BCUT2D eigenvalue weighted by Crippen LogP contribution is 2.31. The molecule has 2 aliphatic heterocycles. The molecule has 3 rings (SSSR count). The van der Waals surface area contributed by atoms with Gasteiger partial charge in [0, 0.05) is 31.2 Å². The van der Waals surface area contributed by atoms with Gasteiger partial charge in [-0.1, -0.05) is 29.8 Å². The molecule has 2 nitrogen and oxygen atoms in total. The summed E-state index contributed by atoms with van der Waals surface area (Å²) in [6.07, 6.45) is 2.79. The van der Waals surface area contributed by atoms with Crippen LogP contribution >= 0.6 is 0 Å². The third kappa shape index (κ3) is 2.56. The molecule has 0 amide bonds. The van der Waals surface area contributed by atoms with E-state index in [1.54, 1.807) is 0 Å². The quantitative estimate of drug-likeness (QED) is 0.803. The molecule has 0 N–H and O–H groups in total. The van der Waals surface area contributed by atoms with Gasteiger partial charge in [0.15, 0.2) is 0 Å². The normalized spacial score (nSPS) is 30.3. The Labute approximate surface area is 117 Å². The molecule has 2 saturated heterocycles. The van der Waals surface area contributed by atoms with Gasteiger partial charge >= 0.3 is 0 Å². The van der Waals surface area contributed by atoms with Gasteiger partial charge in [-0.15, -0.1) is 0 Å². The van der Waals surface area contributed by atoms with Crippen LogP contribution in [0.5, 0.6) is 0 Å². The van der Waals surface area contributed by atoms with Crippen molar-refractivity contribution in [2.75, 3.05) is 19.6 Å². The first-order chi connectivity index (χ1) is 9.15. The van der Waals surface area contributed by atoms with Crippen molar-refractivity contribution in [1.29, 1.82) is 0 Å². The van der Waals surface area contributed by atoms with Crippen molar-refractivity contribution in [3.8, 4) is 0 Å². The van der Waals surface area contributed by atoms with Crippen LogP contribution in [0, 0.1) is 6.92 Å². The Balaban J connectivity index is 1.75. The highest BCUT2D eigenvalue weighted by Gasteiger charge is 2.36. The number of aryl methyl sites for hydroxylation is 1.